The van der Waals surface area contributed by atoms with Crippen molar-refractivity contribution in [2.75, 3.05) is 13.1 Å². The molecule has 0 radical (unpaired) electrons. The number of amides is 1. The Bertz CT molecular complexity index is 446. The Labute approximate surface area is 111 Å². The lowest BCUT2D eigenvalue weighted by molar-refractivity contribution is 0.0778. The molecule has 0 atom stereocenters. The van der Waals surface area contributed by atoms with Crippen LogP contribution in [0.1, 0.15) is 24.2 Å². The van der Waals surface area contributed by atoms with Crippen molar-refractivity contribution in [3.8, 4) is 0 Å². The maximum atomic E-state index is 12.2. The highest BCUT2D eigenvalue weighted by atomic mass is 35.5. The summed E-state index contributed by atoms with van der Waals surface area (Å²) in [7, 11) is 0. The van der Waals surface area contributed by atoms with E-state index in [1.165, 1.54) is 12.3 Å². The number of nitrogens with zero attached hydrogens (tertiary/aromatic N) is 2. The summed E-state index contributed by atoms with van der Waals surface area (Å²) in [5.41, 5.74) is 1.28. The minimum absolute atomic E-state index is 0.162. The molecule has 0 aliphatic rings. The number of hydrogen-bond acceptors (Lipinski definition) is 2. The first kappa shape index (κ1) is 14.0. The number of halogens is 2. The quantitative estimate of drug-likeness (QED) is 0.622. The van der Waals surface area contributed by atoms with Gasteiger partial charge in [-0.3, -0.25) is 4.79 Å². The van der Waals surface area contributed by atoms with Gasteiger partial charge in [0.15, 0.2) is 0 Å². The van der Waals surface area contributed by atoms with Crippen molar-refractivity contribution in [1.29, 1.82) is 0 Å². The third-order valence-corrected chi connectivity index (χ3v) is 2.69. The Morgan fingerprint density at radius 1 is 1.53 bits per heavy atom. The van der Waals surface area contributed by atoms with E-state index in [1.54, 1.807) is 4.90 Å². The Morgan fingerprint density at radius 3 is 2.71 bits per heavy atom. The molecule has 3 nitrogen and oxygen atoms in total. The topological polar surface area (TPSA) is 33.2 Å². The molecule has 0 spiro atoms. The Hall–Kier alpha value is -1.06. The summed E-state index contributed by atoms with van der Waals surface area (Å²) in [6.07, 6.45) is 1.38. The smallest absolute Gasteiger partial charge is 0.255 e. The molecular weight excluding hydrogens is 259 g/mol. The molecule has 5 heteroatoms. The standard InChI is InChI=1S/C12H14Cl2N2O/c1-4-16(7-8(2)3)12(17)9-5-11(14)15-6-10(9)13/h5-6H,2,4,7H2,1,3H3. The molecule has 1 amide bonds. The molecule has 0 aliphatic heterocycles. The predicted octanol–water partition coefficient (Wildman–Crippen LogP) is 3.43. The Kier molecular flexibility index (Phi) is 4.97. The second kappa shape index (κ2) is 6.03. The summed E-state index contributed by atoms with van der Waals surface area (Å²) in [4.78, 5) is 17.7. The number of hydrogen-bond donors (Lipinski definition) is 0. The van der Waals surface area contributed by atoms with Gasteiger partial charge in [-0.25, -0.2) is 4.98 Å². The van der Waals surface area contributed by atoms with Crippen molar-refractivity contribution in [3.63, 3.8) is 0 Å². The molecule has 1 heterocycles. The summed E-state index contributed by atoms with van der Waals surface area (Å²) in [5, 5.41) is 0.559. The normalized spacial score (nSPS) is 10.1. The second-order valence-electron chi connectivity index (χ2n) is 3.76. The van der Waals surface area contributed by atoms with Crippen LogP contribution in [0.5, 0.6) is 0 Å². The van der Waals surface area contributed by atoms with Crippen LogP contribution in [-0.4, -0.2) is 28.9 Å². The number of rotatable bonds is 4. The molecule has 0 fully saturated rings. The van der Waals surface area contributed by atoms with Crippen LogP contribution in [0.15, 0.2) is 24.4 Å². The van der Waals surface area contributed by atoms with Crippen LogP contribution < -0.4 is 0 Å². The van der Waals surface area contributed by atoms with Crippen LogP contribution in [0.3, 0.4) is 0 Å². The van der Waals surface area contributed by atoms with E-state index in [1.807, 2.05) is 13.8 Å². The fourth-order valence-electron chi connectivity index (χ4n) is 1.40. The maximum absolute atomic E-state index is 12.2. The second-order valence-corrected chi connectivity index (χ2v) is 4.56. The summed E-state index contributed by atoms with van der Waals surface area (Å²) in [5.74, 6) is -0.162. The number of carbonyl (C=O) groups is 1. The van der Waals surface area contributed by atoms with E-state index in [2.05, 4.69) is 11.6 Å². The van der Waals surface area contributed by atoms with Gasteiger partial charge in [-0.05, 0) is 19.9 Å². The van der Waals surface area contributed by atoms with Crippen molar-refractivity contribution >= 4 is 29.1 Å². The summed E-state index contributed by atoms with van der Waals surface area (Å²) in [6.45, 7) is 8.66. The molecule has 0 bridgehead atoms. The zero-order chi connectivity index (χ0) is 13.0. The lowest BCUT2D eigenvalue weighted by Crippen LogP contribution is -2.32. The highest BCUT2D eigenvalue weighted by Crippen LogP contribution is 2.20. The fraction of sp³-hybridized carbons (Fsp3) is 0.333. The highest BCUT2D eigenvalue weighted by Gasteiger charge is 2.17. The molecule has 1 rings (SSSR count). The first-order valence-electron chi connectivity index (χ1n) is 5.20. The van der Waals surface area contributed by atoms with E-state index in [4.69, 9.17) is 23.2 Å². The van der Waals surface area contributed by atoms with Crippen molar-refractivity contribution in [1.82, 2.24) is 9.88 Å². The van der Waals surface area contributed by atoms with Gasteiger partial charge in [-0.15, -0.1) is 0 Å². The maximum Gasteiger partial charge on any atom is 0.255 e. The molecular formula is C12H14Cl2N2O. The third kappa shape index (κ3) is 3.72. The minimum atomic E-state index is -0.162. The van der Waals surface area contributed by atoms with Crippen molar-refractivity contribution in [2.24, 2.45) is 0 Å². The highest BCUT2D eigenvalue weighted by molar-refractivity contribution is 6.35. The number of likely N-dealkylation sites (N-methyl/N-ethyl adjacent to an activating group) is 1. The molecule has 0 saturated carbocycles. The van der Waals surface area contributed by atoms with E-state index in [9.17, 15) is 4.79 Å². The summed E-state index contributed by atoms with van der Waals surface area (Å²) < 4.78 is 0. The summed E-state index contributed by atoms with van der Waals surface area (Å²) >= 11 is 11.7. The van der Waals surface area contributed by atoms with Crippen LogP contribution in [-0.2, 0) is 0 Å². The van der Waals surface area contributed by atoms with Gasteiger partial charge in [-0.2, -0.15) is 0 Å². The van der Waals surface area contributed by atoms with E-state index < -0.39 is 0 Å². The molecule has 17 heavy (non-hydrogen) atoms. The van der Waals surface area contributed by atoms with Crippen LogP contribution >= 0.6 is 23.2 Å². The molecule has 1 aromatic rings. The molecule has 0 aromatic carbocycles. The molecule has 92 valence electrons. The number of aromatic nitrogens is 1. The van der Waals surface area contributed by atoms with E-state index >= 15 is 0 Å². The first-order valence-corrected chi connectivity index (χ1v) is 5.96. The van der Waals surface area contributed by atoms with E-state index in [0.717, 1.165) is 5.57 Å². The molecule has 0 unspecified atom stereocenters. The van der Waals surface area contributed by atoms with Gasteiger partial charge in [-0.1, -0.05) is 35.4 Å². The van der Waals surface area contributed by atoms with Crippen molar-refractivity contribution in [3.05, 3.63) is 40.2 Å². The van der Waals surface area contributed by atoms with Gasteiger partial charge in [0.1, 0.15) is 5.15 Å². The van der Waals surface area contributed by atoms with Gasteiger partial charge >= 0.3 is 0 Å². The predicted molar refractivity (Wildman–Crippen MR) is 70.6 cm³/mol. The lowest BCUT2D eigenvalue weighted by atomic mass is 10.2. The van der Waals surface area contributed by atoms with Crippen LogP contribution in [0, 0.1) is 0 Å². The minimum Gasteiger partial charge on any atom is -0.335 e. The number of carbonyl (C=O) groups excluding carboxylic acids is 1. The monoisotopic (exact) mass is 272 g/mol. The lowest BCUT2D eigenvalue weighted by Gasteiger charge is -2.21. The SMILES string of the molecule is C=C(C)CN(CC)C(=O)c1cc(Cl)ncc1Cl. The van der Waals surface area contributed by atoms with Gasteiger partial charge in [0, 0.05) is 19.3 Å². The fourth-order valence-corrected chi connectivity index (χ4v) is 1.74. The first-order chi connectivity index (χ1) is 7.95. The largest absolute Gasteiger partial charge is 0.335 e. The average molecular weight is 273 g/mol. The molecule has 0 saturated heterocycles. The Balaban J connectivity index is 3.01. The number of pyridine rings is 1. The van der Waals surface area contributed by atoms with Crippen molar-refractivity contribution in [2.45, 2.75) is 13.8 Å². The summed E-state index contributed by atoms with van der Waals surface area (Å²) in [6, 6.07) is 1.48. The zero-order valence-electron chi connectivity index (χ0n) is 9.83. The van der Waals surface area contributed by atoms with Crippen LogP contribution in [0.2, 0.25) is 10.2 Å². The molecule has 1 aromatic heterocycles. The van der Waals surface area contributed by atoms with Crippen molar-refractivity contribution < 1.29 is 4.79 Å². The Morgan fingerprint density at radius 2 is 2.18 bits per heavy atom. The molecule has 0 aliphatic carbocycles. The van der Waals surface area contributed by atoms with Crippen LogP contribution in [0.4, 0.5) is 0 Å². The van der Waals surface area contributed by atoms with Crippen LogP contribution in [0.25, 0.3) is 0 Å². The average Bonchev–Trinajstić information content (AvgIpc) is 2.28. The zero-order valence-corrected chi connectivity index (χ0v) is 11.3. The van der Waals surface area contributed by atoms with Gasteiger partial charge < -0.3 is 4.90 Å². The van der Waals surface area contributed by atoms with Gasteiger partial charge in [0.2, 0.25) is 0 Å². The third-order valence-electron chi connectivity index (χ3n) is 2.18. The molecule has 0 N–H and O–H groups in total. The van der Waals surface area contributed by atoms with Gasteiger partial charge in [0.25, 0.3) is 5.91 Å². The van der Waals surface area contributed by atoms with Gasteiger partial charge in [0.05, 0.1) is 10.6 Å². The van der Waals surface area contributed by atoms with E-state index in [0.29, 0.717) is 23.7 Å². The van der Waals surface area contributed by atoms with E-state index in [-0.39, 0.29) is 11.1 Å².